The van der Waals surface area contributed by atoms with E-state index < -0.39 is 10.0 Å². The van der Waals surface area contributed by atoms with Gasteiger partial charge in [-0.3, -0.25) is 4.98 Å². The third-order valence-corrected chi connectivity index (χ3v) is 5.85. The van der Waals surface area contributed by atoms with E-state index in [2.05, 4.69) is 9.88 Å². The molecule has 0 saturated carbocycles. The molecule has 1 aliphatic rings. The number of likely N-dealkylation sites (N-methyl/N-ethyl adjacent to an activating group) is 2. The zero-order valence-electron chi connectivity index (χ0n) is 11.1. The summed E-state index contributed by atoms with van der Waals surface area (Å²) in [7, 11) is 0.0428. The summed E-state index contributed by atoms with van der Waals surface area (Å²) in [5.41, 5.74) is 0. The minimum Gasteiger partial charge on any atom is -0.302 e. The van der Waals surface area contributed by atoms with Crippen LogP contribution in [0.3, 0.4) is 0 Å². The standard InChI is InChI=1S/C12H18ClN3O2S/c1-15-7-3-4-10(15)9-16(2)19(17,18)12-8-14-6-5-11(12)13/h5-6,8,10H,3-4,7,9H2,1-2H3. The van der Waals surface area contributed by atoms with Crippen molar-refractivity contribution < 1.29 is 8.42 Å². The lowest BCUT2D eigenvalue weighted by atomic mass is 10.2. The number of hydrogen-bond acceptors (Lipinski definition) is 4. The van der Waals surface area contributed by atoms with Crippen molar-refractivity contribution in [3.63, 3.8) is 0 Å². The molecule has 1 atom stereocenters. The predicted molar refractivity (Wildman–Crippen MR) is 74.7 cm³/mol. The fourth-order valence-electron chi connectivity index (χ4n) is 2.33. The first-order valence-corrected chi connectivity index (χ1v) is 8.01. The largest absolute Gasteiger partial charge is 0.302 e. The van der Waals surface area contributed by atoms with Gasteiger partial charge in [-0.1, -0.05) is 11.6 Å². The van der Waals surface area contributed by atoms with Crippen LogP contribution >= 0.6 is 11.6 Å². The van der Waals surface area contributed by atoms with E-state index in [0.717, 1.165) is 19.4 Å². The summed E-state index contributed by atoms with van der Waals surface area (Å²) in [4.78, 5) is 6.10. The Morgan fingerprint density at radius 1 is 1.58 bits per heavy atom. The summed E-state index contributed by atoms with van der Waals surface area (Å²) in [5, 5.41) is 0.210. The van der Waals surface area contributed by atoms with Crippen LogP contribution in [-0.2, 0) is 10.0 Å². The zero-order valence-corrected chi connectivity index (χ0v) is 12.7. The van der Waals surface area contributed by atoms with Crippen LogP contribution in [0.1, 0.15) is 12.8 Å². The van der Waals surface area contributed by atoms with Crippen molar-refractivity contribution in [2.24, 2.45) is 0 Å². The Labute approximate surface area is 119 Å². The fraction of sp³-hybridized carbons (Fsp3) is 0.583. The Morgan fingerprint density at radius 2 is 2.32 bits per heavy atom. The second-order valence-electron chi connectivity index (χ2n) is 4.87. The molecule has 0 radical (unpaired) electrons. The molecule has 0 spiro atoms. The first-order chi connectivity index (χ1) is 8.93. The predicted octanol–water partition coefficient (Wildman–Crippen LogP) is 1.45. The van der Waals surface area contributed by atoms with Crippen LogP contribution < -0.4 is 0 Å². The van der Waals surface area contributed by atoms with Gasteiger partial charge in [-0.05, 0) is 32.5 Å². The van der Waals surface area contributed by atoms with Crippen molar-refractivity contribution in [1.29, 1.82) is 0 Å². The summed E-state index contributed by atoms with van der Waals surface area (Å²) in [6, 6.07) is 1.76. The lowest BCUT2D eigenvalue weighted by Gasteiger charge is -2.25. The number of pyridine rings is 1. The summed E-state index contributed by atoms with van der Waals surface area (Å²) < 4.78 is 26.2. The van der Waals surface area contributed by atoms with Crippen molar-refractivity contribution in [2.75, 3.05) is 27.2 Å². The van der Waals surface area contributed by atoms with Crippen molar-refractivity contribution in [1.82, 2.24) is 14.2 Å². The maximum atomic E-state index is 12.4. The monoisotopic (exact) mass is 303 g/mol. The molecule has 19 heavy (non-hydrogen) atoms. The number of aromatic nitrogens is 1. The van der Waals surface area contributed by atoms with Crippen molar-refractivity contribution in [3.8, 4) is 0 Å². The zero-order chi connectivity index (χ0) is 14.0. The Hall–Kier alpha value is -0.690. The Morgan fingerprint density at radius 3 is 2.89 bits per heavy atom. The minimum absolute atomic E-state index is 0.0693. The van der Waals surface area contributed by atoms with Crippen LogP contribution in [-0.4, -0.2) is 55.8 Å². The van der Waals surface area contributed by atoms with Crippen LogP contribution in [0.15, 0.2) is 23.4 Å². The number of halogens is 1. The normalized spacial score (nSPS) is 21.2. The number of rotatable bonds is 4. The molecule has 0 aromatic carbocycles. The van der Waals surface area contributed by atoms with Crippen LogP contribution in [0.25, 0.3) is 0 Å². The van der Waals surface area contributed by atoms with Crippen molar-refractivity contribution >= 4 is 21.6 Å². The maximum absolute atomic E-state index is 12.4. The minimum atomic E-state index is -3.57. The van der Waals surface area contributed by atoms with Gasteiger partial charge in [0.1, 0.15) is 4.90 Å². The topological polar surface area (TPSA) is 53.5 Å². The van der Waals surface area contributed by atoms with E-state index in [9.17, 15) is 8.42 Å². The molecule has 1 unspecified atom stereocenters. The third kappa shape index (κ3) is 3.08. The number of hydrogen-bond donors (Lipinski definition) is 0. The molecule has 0 bridgehead atoms. The van der Waals surface area contributed by atoms with E-state index in [1.54, 1.807) is 7.05 Å². The third-order valence-electron chi connectivity index (χ3n) is 3.56. The van der Waals surface area contributed by atoms with E-state index in [0.29, 0.717) is 6.54 Å². The average molecular weight is 304 g/mol. The first-order valence-electron chi connectivity index (χ1n) is 6.19. The van der Waals surface area contributed by atoms with Crippen molar-refractivity contribution in [3.05, 3.63) is 23.5 Å². The Balaban J connectivity index is 2.18. The van der Waals surface area contributed by atoms with Crippen LogP contribution in [0, 0.1) is 0 Å². The molecule has 106 valence electrons. The van der Waals surface area contributed by atoms with Gasteiger partial charge in [0.15, 0.2) is 0 Å². The van der Waals surface area contributed by atoms with Gasteiger partial charge in [-0.2, -0.15) is 4.31 Å². The highest BCUT2D eigenvalue weighted by atomic mass is 35.5. The van der Waals surface area contributed by atoms with Gasteiger partial charge in [0.2, 0.25) is 10.0 Å². The highest BCUT2D eigenvalue weighted by Crippen LogP contribution is 2.24. The molecule has 0 N–H and O–H groups in total. The van der Waals surface area contributed by atoms with Gasteiger partial charge in [0.25, 0.3) is 0 Å². The van der Waals surface area contributed by atoms with E-state index in [-0.39, 0.29) is 16.0 Å². The molecular formula is C12H18ClN3O2S. The van der Waals surface area contributed by atoms with Gasteiger partial charge in [0, 0.05) is 32.0 Å². The molecule has 1 aliphatic heterocycles. The molecule has 1 aromatic rings. The van der Waals surface area contributed by atoms with Crippen LogP contribution in [0.4, 0.5) is 0 Å². The van der Waals surface area contributed by atoms with E-state index >= 15 is 0 Å². The summed E-state index contributed by atoms with van der Waals surface area (Å²) in [6.07, 6.45) is 4.92. The molecule has 1 aromatic heterocycles. The quantitative estimate of drug-likeness (QED) is 0.845. The second kappa shape index (κ2) is 5.75. The van der Waals surface area contributed by atoms with Gasteiger partial charge < -0.3 is 4.90 Å². The fourth-order valence-corrected chi connectivity index (χ4v) is 3.94. The smallest absolute Gasteiger partial charge is 0.245 e. The highest BCUT2D eigenvalue weighted by Gasteiger charge is 2.29. The Kier molecular flexibility index (Phi) is 4.45. The van der Waals surface area contributed by atoms with Gasteiger partial charge >= 0.3 is 0 Å². The van der Waals surface area contributed by atoms with Crippen molar-refractivity contribution in [2.45, 2.75) is 23.8 Å². The van der Waals surface area contributed by atoms with E-state index in [1.165, 1.54) is 22.8 Å². The summed E-state index contributed by atoms with van der Waals surface area (Å²) in [6.45, 7) is 1.50. The van der Waals surface area contributed by atoms with Crippen LogP contribution in [0.2, 0.25) is 5.02 Å². The van der Waals surface area contributed by atoms with Crippen LogP contribution in [0.5, 0.6) is 0 Å². The molecular weight excluding hydrogens is 286 g/mol. The number of sulfonamides is 1. The maximum Gasteiger partial charge on any atom is 0.245 e. The molecule has 5 nitrogen and oxygen atoms in total. The van der Waals surface area contributed by atoms with E-state index in [4.69, 9.17) is 11.6 Å². The molecule has 1 saturated heterocycles. The number of nitrogens with zero attached hydrogens (tertiary/aromatic N) is 3. The SMILES string of the molecule is CN1CCCC1CN(C)S(=O)(=O)c1cnccc1Cl. The highest BCUT2D eigenvalue weighted by molar-refractivity contribution is 7.89. The first kappa shape index (κ1) is 14.7. The lowest BCUT2D eigenvalue weighted by molar-refractivity contribution is 0.271. The Bertz CT molecular complexity index is 550. The molecule has 7 heteroatoms. The van der Waals surface area contributed by atoms with Gasteiger partial charge in [-0.15, -0.1) is 0 Å². The van der Waals surface area contributed by atoms with Gasteiger partial charge in [0.05, 0.1) is 5.02 Å². The molecule has 0 aliphatic carbocycles. The molecule has 2 heterocycles. The summed E-state index contributed by atoms with van der Waals surface area (Å²) in [5.74, 6) is 0. The van der Waals surface area contributed by atoms with E-state index in [1.807, 2.05) is 7.05 Å². The lowest BCUT2D eigenvalue weighted by Crippen LogP contribution is -2.39. The molecule has 0 amide bonds. The van der Waals surface area contributed by atoms with Gasteiger partial charge in [-0.25, -0.2) is 8.42 Å². The molecule has 1 fully saturated rings. The number of likely N-dealkylation sites (tertiary alicyclic amines) is 1. The average Bonchev–Trinajstić information content (AvgIpc) is 2.75. The summed E-state index contributed by atoms with van der Waals surface area (Å²) >= 11 is 5.94. The second-order valence-corrected chi connectivity index (χ2v) is 7.29. The molecule has 2 rings (SSSR count).